The van der Waals surface area contributed by atoms with Gasteiger partial charge in [-0.05, 0) is 30.3 Å². The molecule has 1 aromatic heterocycles. The number of aromatic amines is 1. The summed E-state index contributed by atoms with van der Waals surface area (Å²) < 4.78 is 2.24. The molecular formula is C17H14BrN3O2. The van der Waals surface area contributed by atoms with Crippen LogP contribution < -0.4 is 21.4 Å². The van der Waals surface area contributed by atoms with Crippen molar-refractivity contribution in [3.05, 3.63) is 73.9 Å². The maximum Gasteiger partial charge on any atom is 0.280 e. The van der Waals surface area contributed by atoms with E-state index in [1.165, 1.54) is 10.9 Å². The molecule has 2 aromatic carbocycles. The number of phenolic OH excluding ortho intramolecular Hbond substituents is 1. The van der Waals surface area contributed by atoms with E-state index in [0.717, 1.165) is 10.2 Å². The second kappa shape index (κ2) is 6.18. The summed E-state index contributed by atoms with van der Waals surface area (Å²) in [5.74, 6) is 0.0917. The zero-order chi connectivity index (χ0) is 16.4. The molecular weight excluding hydrogens is 358 g/mol. The third-order valence-electron chi connectivity index (χ3n) is 3.35. The van der Waals surface area contributed by atoms with Gasteiger partial charge in [-0.2, -0.15) is 0 Å². The van der Waals surface area contributed by atoms with Crippen molar-refractivity contribution in [3.8, 4) is 11.4 Å². The highest BCUT2D eigenvalue weighted by Crippen LogP contribution is 2.26. The number of para-hydroxylation sites is 1. The topological polar surface area (TPSA) is 70.0 Å². The molecule has 0 amide bonds. The number of aromatic nitrogens is 2. The molecule has 0 spiro atoms. The highest BCUT2D eigenvalue weighted by Gasteiger charge is 2.05. The fourth-order valence-electron chi connectivity index (χ4n) is 2.18. The van der Waals surface area contributed by atoms with E-state index in [9.17, 15) is 9.90 Å². The quantitative estimate of drug-likeness (QED) is 0.615. The number of benzene rings is 2. The van der Waals surface area contributed by atoms with E-state index in [0.29, 0.717) is 16.3 Å². The fourth-order valence-corrected chi connectivity index (χ4v) is 2.54. The van der Waals surface area contributed by atoms with Crippen LogP contribution in [0.15, 0.2) is 57.8 Å². The number of nitrogens with zero attached hydrogens (tertiary/aromatic N) is 1. The number of aromatic hydroxyl groups is 1. The van der Waals surface area contributed by atoms with E-state index < -0.39 is 0 Å². The van der Waals surface area contributed by atoms with Crippen molar-refractivity contribution in [2.24, 2.45) is 0 Å². The minimum absolute atomic E-state index is 0.0917. The van der Waals surface area contributed by atoms with Crippen LogP contribution in [0.25, 0.3) is 18.5 Å². The smallest absolute Gasteiger partial charge is 0.280 e. The Morgan fingerprint density at radius 1 is 1.22 bits per heavy atom. The van der Waals surface area contributed by atoms with Crippen LogP contribution in [0.1, 0.15) is 0 Å². The second-order valence-corrected chi connectivity index (χ2v) is 5.85. The van der Waals surface area contributed by atoms with E-state index in [4.69, 9.17) is 0 Å². The minimum atomic E-state index is -0.219. The third-order valence-corrected chi connectivity index (χ3v) is 3.84. The van der Waals surface area contributed by atoms with Gasteiger partial charge >= 0.3 is 0 Å². The van der Waals surface area contributed by atoms with Crippen LogP contribution in [-0.4, -0.2) is 14.9 Å². The number of phenols is 1. The minimum Gasteiger partial charge on any atom is -0.506 e. The molecule has 0 aliphatic rings. The van der Waals surface area contributed by atoms with Gasteiger partial charge in [-0.15, -0.1) is 0 Å². The number of halogens is 1. The van der Waals surface area contributed by atoms with E-state index in [-0.39, 0.29) is 11.3 Å². The molecule has 3 N–H and O–H groups in total. The molecule has 3 aromatic rings. The standard InChI is InChI=1S/C17H14BrN3O2/c1-11-14(10-19-15-9-12(18)7-8-16(15)22)17(23)21(20-11)13-5-3-2-4-6-13/h2-10,19-20,22H,1H2. The van der Waals surface area contributed by atoms with Crippen LogP contribution >= 0.6 is 15.9 Å². The maximum atomic E-state index is 12.5. The lowest BCUT2D eigenvalue weighted by atomic mass is 10.3. The first-order valence-corrected chi connectivity index (χ1v) is 7.66. The molecule has 0 fully saturated rings. The third kappa shape index (κ3) is 3.07. The Bertz CT molecular complexity index is 1010. The zero-order valence-corrected chi connectivity index (χ0v) is 13.7. The van der Waals surface area contributed by atoms with Gasteiger partial charge in [0.25, 0.3) is 5.56 Å². The van der Waals surface area contributed by atoms with Gasteiger partial charge in [0.05, 0.1) is 21.9 Å². The van der Waals surface area contributed by atoms with Crippen LogP contribution in [0.3, 0.4) is 0 Å². The fraction of sp³-hybridized carbons (Fsp3) is 0. The molecule has 0 saturated carbocycles. The van der Waals surface area contributed by atoms with Gasteiger partial charge < -0.3 is 10.4 Å². The molecule has 0 saturated heterocycles. The zero-order valence-electron chi connectivity index (χ0n) is 12.1. The van der Waals surface area contributed by atoms with Crippen molar-refractivity contribution in [2.75, 3.05) is 5.32 Å². The number of hydrogen-bond acceptors (Lipinski definition) is 3. The molecule has 23 heavy (non-hydrogen) atoms. The average Bonchev–Trinajstić information content (AvgIpc) is 2.84. The number of anilines is 1. The van der Waals surface area contributed by atoms with Crippen LogP contribution in [0.2, 0.25) is 0 Å². The monoisotopic (exact) mass is 371 g/mol. The highest BCUT2D eigenvalue weighted by molar-refractivity contribution is 9.10. The van der Waals surface area contributed by atoms with Gasteiger partial charge in [-0.25, -0.2) is 4.68 Å². The first-order valence-electron chi connectivity index (χ1n) is 6.87. The largest absolute Gasteiger partial charge is 0.506 e. The molecule has 0 unspecified atom stereocenters. The Morgan fingerprint density at radius 3 is 2.70 bits per heavy atom. The Hall–Kier alpha value is -2.73. The molecule has 1 heterocycles. The lowest BCUT2D eigenvalue weighted by Gasteiger charge is -2.03. The van der Waals surface area contributed by atoms with Gasteiger partial charge in [-0.1, -0.05) is 40.7 Å². The number of rotatable bonds is 3. The molecule has 3 rings (SSSR count). The summed E-state index contributed by atoms with van der Waals surface area (Å²) in [4.78, 5) is 12.5. The van der Waals surface area contributed by atoms with Crippen LogP contribution in [-0.2, 0) is 0 Å². The lowest BCUT2D eigenvalue weighted by Crippen LogP contribution is -2.34. The second-order valence-electron chi connectivity index (χ2n) is 4.93. The van der Waals surface area contributed by atoms with Crippen molar-refractivity contribution in [1.29, 1.82) is 0 Å². The Labute approximate surface area is 140 Å². The number of hydrogen-bond donors (Lipinski definition) is 3. The molecule has 0 aliphatic heterocycles. The van der Waals surface area contributed by atoms with E-state index >= 15 is 0 Å². The molecule has 0 atom stereocenters. The summed E-state index contributed by atoms with van der Waals surface area (Å²) >= 11 is 3.34. The lowest BCUT2D eigenvalue weighted by molar-refractivity contribution is 0.478. The highest BCUT2D eigenvalue weighted by atomic mass is 79.9. The van der Waals surface area contributed by atoms with Crippen LogP contribution in [0.5, 0.6) is 5.75 Å². The van der Waals surface area contributed by atoms with Gasteiger partial charge in [0, 0.05) is 10.7 Å². The van der Waals surface area contributed by atoms with E-state index in [1.807, 2.05) is 30.3 Å². The average molecular weight is 372 g/mol. The van der Waals surface area contributed by atoms with E-state index in [1.54, 1.807) is 18.2 Å². The first kappa shape index (κ1) is 15.2. The van der Waals surface area contributed by atoms with Crippen molar-refractivity contribution in [3.63, 3.8) is 0 Å². The van der Waals surface area contributed by atoms with E-state index in [2.05, 4.69) is 32.9 Å². The molecule has 6 heteroatoms. The summed E-state index contributed by atoms with van der Waals surface area (Å²) in [7, 11) is 0. The van der Waals surface area contributed by atoms with Gasteiger partial charge in [0.15, 0.2) is 0 Å². The summed E-state index contributed by atoms with van der Waals surface area (Å²) in [5.41, 5.74) is 1.00. The van der Waals surface area contributed by atoms with Crippen molar-refractivity contribution >= 4 is 34.4 Å². The summed E-state index contributed by atoms with van der Waals surface area (Å²) in [5, 5.41) is 16.6. The molecule has 0 bridgehead atoms. The maximum absolute atomic E-state index is 12.5. The molecule has 0 aliphatic carbocycles. The molecule has 0 radical (unpaired) electrons. The van der Waals surface area contributed by atoms with Crippen molar-refractivity contribution in [1.82, 2.24) is 9.78 Å². The van der Waals surface area contributed by atoms with Crippen LogP contribution in [0.4, 0.5) is 5.69 Å². The summed E-state index contributed by atoms with van der Waals surface area (Å²) in [6.45, 7) is 3.86. The normalized spacial score (nSPS) is 11.6. The molecule has 5 nitrogen and oxygen atoms in total. The predicted molar refractivity (Wildman–Crippen MR) is 95.1 cm³/mol. The number of nitrogens with one attached hydrogen (secondary N) is 2. The molecule has 116 valence electrons. The first-order chi connectivity index (χ1) is 11.1. The Kier molecular flexibility index (Phi) is 4.08. The summed E-state index contributed by atoms with van der Waals surface area (Å²) in [6, 6.07) is 14.3. The van der Waals surface area contributed by atoms with Crippen molar-refractivity contribution in [2.45, 2.75) is 0 Å². The Morgan fingerprint density at radius 2 is 1.96 bits per heavy atom. The van der Waals surface area contributed by atoms with Crippen molar-refractivity contribution < 1.29 is 5.11 Å². The van der Waals surface area contributed by atoms with Gasteiger partial charge in [0.1, 0.15) is 5.75 Å². The number of H-pyrrole nitrogens is 1. The summed E-state index contributed by atoms with van der Waals surface area (Å²) in [6.07, 6.45) is 1.53. The SMILES string of the molecule is C=c1[nH]n(-c2ccccc2)c(=O)c1=CNc1cc(Br)ccc1O. The predicted octanol–water partition coefficient (Wildman–Crippen LogP) is 1.89. The Balaban J connectivity index is 2.04. The van der Waals surface area contributed by atoms with Crippen LogP contribution in [0, 0.1) is 0 Å². The van der Waals surface area contributed by atoms with Gasteiger partial charge in [0.2, 0.25) is 0 Å². The van der Waals surface area contributed by atoms with Gasteiger partial charge in [-0.3, -0.25) is 9.89 Å².